The number of alkyl halides is 3. The maximum absolute atomic E-state index is 10.5. The van der Waals surface area contributed by atoms with Gasteiger partial charge in [0.25, 0.3) is 0 Å². The van der Waals surface area contributed by atoms with Crippen LogP contribution in [0.5, 0.6) is 11.5 Å². The number of unbranched alkanes of at least 4 members (excludes halogenated alkanes) is 1. The molecular weight excluding hydrogens is 699 g/mol. The molecule has 0 radical (unpaired) electrons. The number of ether oxygens (including phenoxy) is 2. The first-order valence-corrected chi connectivity index (χ1v) is 16.0. The van der Waals surface area contributed by atoms with E-state index in [4.69, 9.17) is 65.8 Å². The zero-order valence-corrected chi connectivity index (χ0v) is 28.2. The molecule has 6 nitrogen and oxygen atoms in total. The van der Waals surface area contributed by atoms with E-state index in [1.54, 1.807) is 12.1 Å². The first-order chi connectivity index (χ1) is 22.3. The van der Waals surface area contributed by atoms with Crippen molar-refractivity contribution in [1.29, 1.82) is 0 Å². The van der Waals surface area contributed by atoms with Crippen LogP contribution < -0.4 is 20.3 Å². The van der Waals surface area contributed by atoms with Gasteiger partial charge in [-0.25, -0.2) is 0 Å². The Morgan fingerprint density at radius 1 is 0.660 bits per heavy atom. The van der Waals surface area contributed by atoms with Crippen LogP contribution in [0.4, 0.5) is 13.2 Å². The number of carboxylic acids is 1. The van der Waals surface area contributed by atoms with E-state index in [1.165, 1.54) is 11.1 Å². The number of carboxylic acid groups (broad SMARTS) is 1. The lowest BCUT2D eigenvalue weighted by Crippen LogP contribution is -2.50. The van der Waals surface area contributed by atoms with Crippen molar-refractivity contribution in [3.05, 3.63) is 127 Å². The van der Waals surface area contributed by atoms with E-state index in [-0.39, 0.29) is 0 Å². The topological polar surface area (TPSA) is 89.5 Å². The molecule has 0 aromatic heterocycles. The third kappa shape index (κ3) is 13.8. The van der Waals surface area contributed by atoms with Gasteiger partial charge in [0, 0.05) is 13.1 Å². The SMILES string of the molecule is O=C([O-])C(F)(F)F.[NH3+]CCCCN(Cc1ccc(OCc2ccc(Cl)c(Cl)c2)cc1)Cc1ccc(OCc2ccc(Cl)c(Cl)c2)cc1. The molecule has 0 amide bonds. The smallest absolute Gasteiger partial charge is 0.430 e. The Morgan fingerprint density at radius 2 is 1.04 bits per heavy atom. The zero-order valence-electron chi connectivity index (χ0n) is 25.2. The summed E-state index contributed by atoms with van der Waals surface area (Å²) in [5.41, 5.74) is 8.41. The summed E-state index contributed by atoms with van der Waals surface area (Å²) >= 11 is 24.2. The Kier molecular flexibility index (Phi) is 15.5. The normalized spacial score (nSPS) is 11.2. The highest BCUT2D eigenvalue weighted by Crippen LogP contribution is 2.25. The second-order valence-corrected chi connectivity index (χ2v) is 12.0. The number of halogens is 7. The van der Waals surface area contributed by atoms with E-state index in [9.17, 15) is 13.2 Å². The third-order valence-corrected chi connectivity index (χ3v) is 8.12. The molecule has 0 heterocycles. The fourth-order valence-electron chi connectivity index (χ4n) is 4.22. The molecule has 4 aromatic rings. The number of quaternary nitrogens is 1. The summed E-state index contributed by atoms with van der Waals surface area (Å²) in [6.45, 7) is 4.50. The summed E-state index contributed by atoms with van der Waals surface area (Å²) in [6.07, 6.45) is -2.97. The molecule has 4 rings (SSSR count). The minimum absolute atomic E-state index is 0.431. The Morgan fingerprint density at radius 3 is 1.38 bits per heavy atom. The minimum Gasteiger partial charge on any atom is -0.542 e. The molecule has 0 aliphatic heterocycles. The molecule has 47 heavy (non-hydrogen) atoms. The van der Waals surface area contributed by atoms with Crippen LogP contribution in [0.2, 0.25) is 20.1 Å². The molecule has 13 heteroatoms. The number of benzene rings is 4. The van der Waals surface area contributed by atoms with E-state index >= 15 is 0 Å². The fourth-order valence-corrected chi connectivity index (χ4v) is 4.86. The number of hydrogen-bond acceptors (Lipinski definition) is 5. The number of aliphatic carboxylic acids is 1. The van der Waals surface area contributed by atoms with Gasteiger partial charge in [0.05, 0.1) is 26.6 Å². The van der Waals surface area contributed by atoms with Crippen molar-refractivity contribution < 1.29 is 38.3 Å². The first-order valence-electron chi connectivity index (χ1n) is 14.4. The number of nitrogens with zero attached hydrogens (tertiary/aromatic N) is 1. The van der Waals surface area contributed by atoms with Crippen molar-refractivity contribution in [2.75, 3.05) is 13.1 Å². The van der Waals surface area contributed by atoms with Gasteiger partial charge in [-0.3, -0.25) is 4.90 Å². The molecular formula is C34H33Cl4F3N2O4. The fraction of sp³-hybridized carbons (Fsp3) is 0.265. The molecule has 0 aliphatic rings. The molecule has 0 saturated carbocycles. The summed E-state index contributed by atoms with van der Waals surface area (Å²) in [5.74, 6) is -1.38. The van der Waals surface area contributed by atoms with Gasteiger partial charge in [-0.05, 0) is 90.2 Å². The quantitative estimate of drug-likeness (QED) is 0.134. The number of rotatable bonds is 14. The van der Waals surface area contributed by atoms with Gasteiger partial charge >= 0.3 is 6.18 Å². The highest BCUT2D eigenvalue weighted by Gasteiger charge is 2.28. The maximum atomic E-state index is 10.5. The predicted molar refractivity (Wildman–Crippen MR) is 177 cm³/mol. The zero-order chi connectivity index (χ0) is 34.4. The van der Waals surface area contributed by atoms with Crippen molar-refractivity contribution in [1.82, 2.24) is 4.90 Å². The van der Waals surface area contributed by atoms with E-state index in [2.05, 4.69) is 34.9 Å². The van der Waals surface area contributed by atoms with Gasteiger partial charge in [-0.15, -0.1) is 0 Å². The standard InChI is InChI=1S/C32H32Cl4N2O2.C2HF3O2/c33-29-13-7-25(17-31(29)35)21-39-27-9-3-23(4-10-27)19-38(16-2-1-15-37)20-24-5-11-28(12-6-24)40-22-26-8-14-30(34)32(36)18-26;3-2(4,5)1(6)7/h3-14,17-18H,1-2,15-16,19-22,37H2;(H,6,7). The average Bonchev–Trinajstić information content (AvgIpc) is 3.03. The Balaban J connectivity index is 0.000000771. The molecule has 4 aromatic carbocycles. The average molecular weight is 732 g/mol. The molecule has 252 valence electrons. The van der Waals surface area contributed by atoms with Crippen molar-refractivity contribution in [2.45, 2.75) is 45.3 Å². The number of carbonyl (C=O) groups excluding carboxylic acids is 1. The Hall–Kier alpha value is -3.18. The lowest BCUT2D eigenvalue weighted by atomic mass is 10.1. The van der Waals surface area contributed by atoms with Crippen molar-refractivity contribution in [2.24, 2.45) is 0 Å². The number of hydrogen-bond donors (Lipinski definition) is 1. The maximum Gasteiger partial charge on any atom is 0.430 e. The van der Waals surface area contributed by atoms with E-state index in [1.807, 2.05) is 48.5 Å². The van der Waals surface area contributed by atoms with Crippen molar-refractivity contribution in [3.63, 3.8) is 0 Å². The number of carbonyl (C=O) groups is 1. The molecule has 0 unspecified atom stereocenters. The molecule has 0 spiro atoms. The molecule has 0 atom stereocenters. The van der Waals surface area contributed by atoms with Gasteiger partial charge in [0.2, 0.25) is 0 Å². The Labute approximate surface area is 291 Å². The van der Waals surface area contributed by atoms with Crippen LogP contribution in [0, 0.1) is 0 Å². The molecule has 0 fully saturated rings. The summed E-state index contributed by atoms with van der Waals surface area (Å²) in [7, 11) is 0. The van der Waals surface area contributed by atoms with Gasteiger partial charge in [-0.2, -0.15) is 13.2 Å². The Bertz CT molecular complexity index is 1470. The van der Waals surface area contributed by atoms with Crippen molar-refractivity contribution in [3.8, 4) is 11.5 Å². The first kappa shape index (κ1) is 38.3. The van der Waals surface area contributed by atoms with Crippen LogP contribution in [0.3, 0.4) is 0 Å². The largest absolute Gasteiger partial charge is 0.542 e. The molecule has 3 N–H and O–H groups in total. The highest BCUT2D eigenvalue weighted by atomic mass is 35.5. The van der Waals surface area contributed by atoms with Gasteiger partial charge in [0.1, 0.15) is 30.7 Å². The lowest BCUT2D eigenvalue weighted by molar-refractivity contribution is -0.368. The molecule has 0 bridgehead atoms. The predicted octanol–water partition coefficient (Wildman–Crippen LogP) is 7.78. The summed E-state index contributed by atoms with van der Waals surface area (Å²) in [4.78, 5) is 11.2. The van der Waals surface area contributed by atoms with Crippen LogP contribution in [0.15, 0.2) is 84.9 Å². The van der Waals surface area contributed by atoms with Gasteiger partial charge in [0.15, 0.2) is 0 Å². The monoisotopic (exact) mass is 730 g/mol. The summed E-state index contributed by atoms with van der Waals surface area (Å²) in [5, 5.41) is 10.9. The second kappa shape index (κ2) is 19.0. The summed E-state index contributed by atoms with van der Waals surface area (Å²) < 4.78 is 43.4. The second-order valence-electron chi connectivity index (χ2n) is 10.4. The van der Waals surface area contributed by atoms with Crippen molar-refractivity contribution >= 4 is 52.4 Å². The van der Waals surface area contributed by atoms with Gasteiger partial charge in [-0.1, -0.05) is 82.8 Å². The third-order valence-electron chi connectivity index (χ3n) is 6.64. The lowest BCUT2D eigenvalue weighted by Gasteiger charge is -2.23. The van der Waals surface area contributed by atoms with Crippen LogP contribution >= 0.6 is 46.4 Å². The minimum atomic E-state index is -5.19. The van der Waals surface area contributed by atoms with E-state index in [0.29, 0.717) is 33.3 Å². The summed E-state index contributed by atoms with van der Waals surface area (Å²) in [6, 6.07) is 27.6. The van der Waals surface area contributed by atoms with Crippen LogP contribution in [-0.2, 0) is 31.1 Å². The van der Waals surface area contributed by atoms with Crippen LogP contribution in [0.1, 0.15) is 35.1 Å². The highest BCUT2D eigenvalue weighted by molar-refractivity contribution is 6.42. The molecule has 0 aliphatic carbocycles. The van der Waals surface area contributed by atoms with Gasteiger partial charge < -0.3 is 25.1 Å². The van der Waals surface area contributed by atoms with E-state index < -0.39 is 12.1 Å². The van der Waals surface area contributed by atoms with E-state index in [0.717, 1.165) is 61.6 Å². The molecule has 0 saturated heterocycles. The van der Waals surface area contributed by atoms with Crippen LogP contribution in [-0.4, -0.2) is 30.1 Å². The van der Waals surface area contributed by atoms with Crippen LogP contribution in [0.25, 0.3) is 0 Å².